The molecule has 0 radical (unpaired) electrons. The van der Waals surface area contributed by atoms with Crippen molar-refractivity contribution in [1.82, 2.24) is 9.78 Å². The van der Waals surface area contributed by atoms with Crippen molar-refractivity contribution < 1.29 is 0 Å². The lowest BCUT2D eigenvalue weighted by atomic mass is 10.2. The average Bonchev–Trinajstić information content (AvgIpc) is 2.43. The van der Waals surface area contributed by atoms with Crippen molar-refractivity contribution in [3.05, 3.63) is 11.8 Å². The number of anilines is 1. The van der Waals surface area contributed by atoms with Crippen LogP contribution in [0.25, 0.3) is 0 Å². The molecule has 0 aliphatic heterocycles. The smallest absolute Gasteiger partial charge is 0.150 e. The first-order chi connectivity index (χ1) is 6.50. The molecule has 0 aromatic carbocycles. The highest BCUT2D eigenvalue weighted by Crippen LogP contribution is 2.15. The van der Waals surface area contributed by atoms with Gasteiger partial charge in [0.15, 0.2) is 5.82 Å². The molecule has 80 valence electrons. The van der Waals surface area contributed by atoms with E-state index in [1.807, 2.05) is 4.68 Å². The highest BCUT2D eigenvalue weighted by atomic mass is 15.3. The summed E-state index contributed by atoms with van der Waals surface area (Å²) in [5.41, 5.74) is 1.22. The number of nitrogens with zero attached hydrogens (tertiary/aromatic N) is 2. The van der Waals surface area contributed by atoms with Crippen LogP contribution in [0.2, 0.25) is 0 Å². The third-order valence-electron chi connectivity index (χ3n) is 2.12. The number of hydrogen-bond donors (Lipinski definition) is 1. The molecule has 0 amide bonds. The maximum Gasteiger partial charge on any atom is 0.150 e. The van der Waals surface area contributed by atoms with Crippen LogP contribution in [0.3, 0.4) is 0 Å². The van der Waals surface area contributed by atoms with Crippen LogP contribution in [0.1, 0.15) is 39.3 Å². The molecular weight excluding hydrogens is 174 g/mol. The second-order valence-electron chi connectivity index (χ2n) is 4.51. The van der Waals surface area contributed by atoms with Gasteiger partial charge in [-0.15, -0.1) is 0 Å². The fourth-order valence-electron chi connectivity index (χ4n) is 1.22. The third kappa shape index (κ3) is 2.76. The van der Waals surface area contributed by atoms with Gasteiger partial charge in [-0.25, -0.2) is 0 Å². The molecule has 0 saturated carbocycles. The Balaban J connectivity index is 2.67. The Labute approximate surface area is 86.5 Å². The highest BCUT2D eigenvalue weighted by Gasteiger charge is 2.06. The SMILES string of the molecule is Cc1cn(C(C)C)nc1NCC(C)C. The molecule has 0 spiro atoms. The maximum absolute atomic E-state index is 4.49. The van der Waals surface area contributed by atoms with Gasteiger partial charge in [0.2, 0.25) is 0 Å². The molecule has 0 unspecified atom stereocenters. The minimum atomic E-state index is 0.434. The largest absolute Gasteiger partial charge is 0.368 e. The van der Waals surface area contributed by atoms with E-state index >= 15 is 0 Å². The van der Waals surface area contributed by atoms with Gasteiger partial charge in [-0.3, -0.25) is 4.68 Å². The van der Waals surface area contributed by atoms with E-state index in [1.165, 1.54) is 5.56 Å². The molecular formula is C11H21N3. The van der Waals surface area contributed by atoms with Crippen molar-refractivity contribution in [1.29, 1.82) is 0 Å². The zero-order valence-corrected chi connectivity index (χ0v) is 9.83. The summed E-state index contributed by atoms with van der Waals surface area (Å²) in [5.74, 6) is 1.67. The van der Waals surface area contributed by atoms with Gasteiger partial charge in [0.05, 0.1) is 0 Å². The number of hydrogen-bond acceptors (Lipinski definition) is 2. The molecule has 0 atom stereocenters. The van der Waals surface area contributed by atoms with Crippen molar-refractivity contribution in [3.8, 4) is 0 Å². The van der Waals surface area contributed by atoms with E-state index < -0.39 is 0 Å². The topological polar surface area (TPSA) is 29.9 Å². The minimum Gasteiger partial charge on any atom is -0.368 e. The quantitative estimate of drug-likeness (QED) is 0.800. The second-order valence-corrected chi connectivity index (χ2v) is 4.51. The van der Waals surface area contributed by atoms with Crippen LogP contribution in [0.5, 0.6) is 0 Å². The standard InChI is InChI=1S/C11H21N3/c1-8(2)6-12-11-10(5)7-14(13-11)9(3)4/h7-9H,6H2,1-5H3,(H,12,13). The van der Waals surface area contributed by atoms with E-state index in [0.29, 0.717) is 12.0 Å². The predicted molar refractivity (Wildman–Crippen MR) is 60.7 cm³/mol. The molecule has 1 aromatic heterocycles. The Bertz CT molecular complexity index is 287. The monoisotopic (exact) mass is 195 g/mol. The number of rotatable bonds is 4. The van der Waals surface area contributed by atoms with Crippen molar-refractivity contribution in [3.63, 3.8) is 0 Å². The lowest BCUT2D eigenvalue weighted by Gasteiger charge is -2.07. The fourth-order valence-corrected chi connectivity index (χ4v) is 1.22. The summed E-state index contributed by atoms with van der Waals surface area (Å²) >= 11 is 0. The minimum absolute atomic E-state index is 0.434. The van der Waals surface area contributed by atoms with Crippen molar-refractivity contribution in [2.45, 2.75) is 40.7 Å². The summed E-state index contributed by atoms with van der Waals surface area (Å²) in [7, 11) is 0. The molecule has 0 saturated heterocycles. The van der Waals surface area contributed by atoms with E-state index in [9.17, 15) is 0 Å². The van der Waals surface area contributed by atoms with E-state index in [2.05, 4.69) is 51.2 Å². The molecule has 3 nitrogen and oxygen atoms in total. The number of aryl methyl sites for hydroxylation is 1. The summed E-state index contributed by atoms with van der Waals surface area (Å²) in [6.07, 6.45) is 2.09. The van der Waals surface area contributed by atoms with Crippen LogP contribution in [0.4, 0.5) is 5.82 Å². The lowest BCUT2D eigenvalue weighted by Crippen LogP contribution is -2.10. The van der Waals surface area contributed by atoms with Gasteiger partial charge in [-0.2, -0.15) is 5.10 Å². The van der Waals surface area contributed by atoms with E-state index in [4.69, 9.17) is 0 Å². The fraction of sp³-hybridized carbons (Fsp3) is 0.727. The summed E-state index contributed by atoms with van der Waals surface area (Å²) < 4.78 is 2.00. The predicted octanol–water partition coefficient (Wildman–Crippen LogP) is 2.84. The van der Waals surface area contributed by atoms with Crippen molar-refractivity contribution in [2.75, 3.05) is 11.9 Å². The van der Waals surface area contributed by atoms with Gasteiger partial charge >= 0.3 is 0 Å². The molecule has 3 heteroatoms. The second kappa shape index (κ2) is 4.49. The summed E-state index contributed by atoms with van der Waals surface area (Å²) in [5, 5.41) is 7.84. The van der Waals surface area contributed by atoms with E-state index in [-0.39, 0.29) is 0 Å². The molecule has 1 N–H and O–H groups in total. The summed E-state index contributed by atoms with van der Waals surface area (Å²) in [6.45, 7) is 11.7. The first kappa shape index (κ1) is 11.1. The van der Waals surface area contributed by atoms with Crippen molar-refractivity contribution >= 4 is 5.82 Å². The summed E-state index contributed by atoms with van der Waals surface area (Å²) in [6, 6.07) is 0.434. The van der Waals surface area contributed by atoms with Crippen LogP contribution >= 0.6 is 0 Å². The third-order valence-corrected chi connectivity index (χ3v) is 2.12. The van der Waals surface area contributed by atoms with Gasteiger partial charge in [0.25, 0.3) is 0 Å². The maximum atomic E-state index is 4.49. The molecule has 1 aromatic rings. The van der Waals surface area contributed by atoms with Crippen LogP contribution in [-0.2, 0) is 0 Å². The lowest BCUT2D eigenvalue weighted by molar-refractivity contribution is 0.533. The molecule has 0 aliphatic rings. The summed E-state index contributed by atoms with van der Waals surface area (Å²) in [4.78, 5) is 0. The van der Waals surface area contributed by atoms with Crippen molar-refractivity contribution in [2.24, 2.45) is 5.92 Å². The zero-order valence-electron chi connectivity index (χ0n) is 9.83. The molecule has 1 rings (SSSR count). The molecule has 0 bridgehead atoms. The van der Waals surface area contributed by atoms with Gasteiger partial charge in [0, 0.05) is 24.3 Å². The molecule has 14 heavy (non-hydrogen) atoms. The molecule has 0 aliphatic carbocycles. The molecule has 1 heterocycles. The Morgan fingerprint density at radius 3 is 2.43 bits per heavy atom. The van der Waals surface area contributed by atoms with Crippen LogP contribution < -0.4 is 5.32 Å². The Kier molecular flexibility index (Phi) is 3.55. The van der Waals surface area contributed by atoms with Gasteiger partial charge in [-0.05, 0) is 26.7 Å². The average molecular weight is 195 g/mol. The number of nitrogens with one attached hydrogen (secondary N) is 1. The Morgan fingerprint density at radius 2 is 2.00 bits per heavy atom. The zero-order chi connectivity index (χ0) is 10.7. The Morgan fingerprint density at radius 1 is 1.36 bits per heavy atom. The van der Waals surface area contributed by atoms with Crippen LogP contribution in [0.15, 0.2) is 6.20 Å². The van der Waals surface area contributed by atoms with E-state index in [0.717, 1.165) is 12.4 Å². The van der Waals surface area contributed by atoms with Crippen LogP contribution in [-0.4, -0.2) is 16.3 Å². The van der Waals surface area contributed by atoms with E-state index in [1.54, 1.807) is 0 Å². The first-order valence-corrected chi connectivity index (χ1v) is 5.30. The number of aromatic nitrogens is 2. The molecule has 0 fully saturated rings. The van der Waals surface area contributed by atoms with Gasteiger partial charge in [-0.1, -0.05) is 13.8 Å². The van der Waals surface area contributed by atoms with Crippen LogP contribution in [0, 0.1) is 12.8 Å². The Hall–Kier alpha value is -0.990. The van der Waals surface area contributed by atoms with Gasteiger partial charge < -0.3 is 5.32 Å². The first-order valence-electron chi connectivity index (χ1n) is 5.30. The highest BCUT2D eigenvalue weighted by molar-refractivity contribution is 5.41. The van der Waals surface area contributed by atoms with Gasteiger partial charge in [0.1, 0.15) is 0 Å². The normalized spacial score (nSPS) is 11.4.